The van der Waals surface area contributed by atoms with Crippen molar-refractivity contribution in [1.82, 2.24) is 5.32 Å². The molecule has 1 fully saturated rings. The Balaban J connectivity index is 1.78. The number of amides is 1. The third-order valence-electron chi connectivity index (χ3n) is 4.88. The quantitative estimate of drug-likeness (QED) is 0.713. The largest absolute Gasteiger partial charge is 0.388 e. The lowest BCUT2D eigenvalue weighted by Gasteiger charge is -2.28. The molecule has 2 aromatic rings. The van der Waals surface area contributed by atoms with Crippen molar-refractivity contribution in [2.75, 3.05) is 6.54 Å². The summed E-state index contributed by atoms with van der Waals surface area (Å²) in [6.45, 7) is 2.34. The molecule has 1 amide bonds. The van der Waals surface area contributed by atoms with Crippen LogP contribution in [0.5, 0.6) is 0 Å². The van der Waals surface area contributed by atoms with Crippen LogP contribution in [0.3, 0.4) is 0 Å². The lowest BCUT2D eigenvalue weighted by Crippen LogP contribution is -2.38. The maximum atomic E-state index is 12.6. The van der Waals surface area contributed by atoms with Gasteiger partial charge in [0.25, 0.3) is 5.91 Å². The Hall–Kier alpha value is -1.07. The van der Waals surface area contributed by atoms with E-state index in [0.717, 1.165) is 30.6 Å². The number of benzene rings is 1. The molecule has 6 heteroatoms. The van der Waals surface area contributed by atoms with E-state index in [9.17, 15) is 9.90 Å². The van der Waals surface area contributed by atoms with Crippen LogP contribution in [-0.4, -0.2) is 17.6 Å². The molecule has 1 unspecified atom stereocenters. The highest BCUT2D eigenvalue weighted by molar-refractivity contribution is 7.12. The first-order chi connectivity index (χ1) is 11.9. The first-order valence-electron chi connectivity index (χ1n) is 8.43. The average molecular weight is 398 g/mol. The maximum absolute atomic E-state index is 12.6. The van der Waals surface area contributed by atoms with E-state index in [1.54, 1.807) is 36.5 Å². The van der Waals surface area contributed by atoms with Crippen LogP contribution in [0, 0.1) is 0 Å². The van der Waals surface area contributed by atoms with Gasteiger partial charge in [0.2, 0.25) is 0 Å². The number of rotatable bonds is 5. The van der Waals surface area contributed by atoms with E-state index in [1.807, 2.05) is 6.07 Å². The Bertz CT molecular complexity index is 767. The topological polar surface area (TPSA) is 49.3 Å². The molecule has 3 rings (SSSR count). The summed E-state index contributed by atoms with van der Waals surface area (Å²) in [4.78, 5) is 14.8. The smallest absolute Gasteiger partial charge is 0.252 e. The Morgan fingerprint density at radius 3 is 2.64 bits per heavy atom. The zero-order valence-electron chi connectivity index (χ0n) is 14.0. The summed E-state index contributed by atoms with van der Waals surface area (Å²) >= 11 is 13.8. The monoisotopic (exact) mass is 397 g/mol. The van der Waals surface area contributed by atoms with Gasteiger partial charge in [-0.1, -0.05) is 36.0 Å². The standard InChI is InChI=1S/C19H21Cl2NO2S/c1-12(23)16-6-7-17(25-16)19(8-2-3-9-19)11-22-18(24)14-10-13(20)4-5-15(14)21/h4-7,10,12,23H,2-3,8-9,11H2,1H3,(H,22,24). The molecule has 1 heterocycles. The summed E-state index contributed by atoms with van der Waals surface area (Å²) < 4.78 is 0. The van der Waals surface area contributed by atoms with Crippen molar-refractivity contribution in [2.24, 2.45) is 0 Å². The van der Waals surface area contributed by atoms with Gasteiger partial charge in [0.1, 0.15) is 0 Å². The normalized spacial score (nSPS) is 17.4. The van der Waals surface area contributed by atoms with Crippen molar-refractivity contribution in [2.45, 2.75) is 44.1 Å². The zero-order chi connectivity index (χ0) is 18.0. The fraction of sp³-hybridized carbons (Fsp3) is 0.421. The molecule has 25 heavy (non-hydrogen) atoms. The van der Waals surface area contributed by atoms with Crippen LogP contribution in [0.1, 0.15) is 58.8 Å². The molecule has 0 radical (unpaired) electrons. The van der Waals surface area contributed by atoms with Crippen LogP contribution < -0.4 is 5.32 Å². The summed E-state index contributed by atoms with van der Waals surface area (Å²) in [7, 11) is 0. The minimum Gasteiger partial charge on any atom is -0.388 e. The van der Waals surface area contributed by atoms with E-state index in [-0.39, 0.29) is 11.3 Å². The molecule has 1 aliphatic carbocycles. The minimum atomic E-state index is -0.461. The molecule has 3 nitrogen and oxygen atoms in total. The van der Waals surface area contributed by atoms with E-state index >= 15 is 0 Å². The van der Waals surface area contributed by atoms with Gasteiger partial charge in [0.05, 0.1) is 16.7 Å². The van der Waals surface area contributed by atoms with Gasteiger partial charge in [-0.2, -0.15) is 0 Å². The molecule has 1 aliphatic rings. The van der Waals surface area contributed by atoms with Crippen LogP contribution in [0.15, 0.2) is 30.3 Å². The number of nitrogens with one attached hydrogen (secondary N) is 1. The third kappa shape index (κ3) is 4.03. The van der Waals surface area contributed by atoms with E-state index in [4.69, 9.17) is 23.2 Å². The van der Waals surface area contributed by atoms with Crippen LogP contribution >= 0.6 is 34.5 Å². The Morgan fingerprint density at radius 1 is 1.28 bits per heavy atom. The van der Waals surface area contributed by atoms with Gasteiger partial charge in [0.15, 0.2) is 0 Å². The number of carbonyl (C=O) groups is 1. The summed E-state index contributed by atoms with van der Waals surface area (Å²) in [5.41, 5.74) is 0.344. The molecule has 0 aliphatic heterocycles. The van der Waals surface area contributed by atoms with Crippen molar-refractivity contribution >= 4 is 40.4 Å². The minimum absolute atomic E-state index is 0.0570. The van der Waals surface area contributed by atoms with Crippen LogP contribution in [-0.2, 0) is 5.41 Å². The first kappa shape index (κ1) is 18.7. The van der Waals surface area contributed by atoms with E-state index in [2.05, 4.69) is 11.4 Å². The number of thiophene rings is 1. The lowest BCUT2D eigenvalue weighted by molar-refractivity contribution is 0.0943. The maximum Gasteiger partial charge on any atom is 0.252 e. The third-order valence-corrected chi connectivity index (χ3v) is 6.95. The van der Waals surface area contributed by atoms with E-state index < -0.39 is 6.10 Å². The second kappa shape index (κ2) is 7.67. The Kier molecular flexibility index (Phi) is 5.74. The van der Waals surface area contributed by atoms with E-state index in [0.29, 0.717) is 22.2 Å². The summed E-state index contributed by atoms with van der Waals surface area (Å²) in [5.74, 6) is -0.203. The van der Waals surface area contributed by atoms with Gasteiger partial charge in [0, 0.05) is 26.7 Å². The number of aliphatic hydroxyl groups is 1. The van der Waals surface area contributed by atoms with Gasteiger partial charge < -0.3 is 10.4 Å². The summed E-state index contributed by atoms with van der Waals surface area (Å²) in [5, 5.41) is 13.7. The fourth-order valence-electron chi connectivity index (χ4n) is 3.44. The van der Waals surface area contributed by atoms with Crippen molar-refractivity contribution < 1.29 is 9.90 Å². The van der Waals surface area contributed by atoms with Crippen molar-refractivity contribution in [1.29, 1.82) is 0 Å². The Labute approximate surface area is 162 Å². The van der Waals surface area contributed by atoms with E-state index in [1.165, 1.54) is 4.88 Å². The Morgan fingerprint density at radius 2 is 2.00 bits per heavy atom. The number of hydrogen-bond donors (Lipinski definition) is 2. The molecular formula is C19H21Cl2NO2S. The first-order valence-corrected chi connectivity index (χ1v) is 10.00. The van der Waals surface area contributed by atoms with Gasteiger partial charge in [-0.25, -0.2) is 0 Å². The van der Waals surface area contributed by atoms with Crippen LogP contribution in [0.2, 0.25) is 10.0 Å². The highest BCUT2D eigenvalue weighted by Crippen LogP contribution is 2.44. The highest BCUT2D eigenvalue weighted by atomic mass is 35.5. The van der Waals surface area contributed by atoms with Crippen molar-refractivity contribution in [3.63, 3.8) is 0 Å². The molecule has 1 atom stereocenters. The number of aliphatic hydroxyl groups excluding tert-OH is 1. The molecule has 134 valence electrons. The predicted octanol–water partition coefficient (Wildman–Crippen LogP) is 5.35. The molecule has 1 aromatic heterocycles. The summed E-state index contributed by atoms with van der Waals surface area (Å²) in [6.07, 6.45) is 3.91. The lowest BCUT2D eigenvalue weighted by atomic mass is 9.84. The van der Waals surface area contributed by atoms with Crippen molar-refractivity contribution in [3.05, 3.63) is 55.7 Å². The zero-order valence-corrected chi connectivity index (χ0v) is 16.3. The SMILES string of the molecule is CC(O)c1ccc(C2(CNC(=O)c3cc(Cl)ccc3Cl)CCCC2)s1. The molecule has 0 spiro atoms. The predicted molar refractivity (Wildman–Crippen MR) is 104 cm³/mol. The highest BCUT2D eigenvalue weighted by Gasteiger charge is 2.37. The molecule has 2 N–H and O–H groups in total. The van der Waals surface area contributed by atoms with Gasteiger partial charge in [-0.05, 0) is 50.1 Å². The molecular weight excluding hydrogens is 377 g/mol. The molecule has 1 aromatic carbocycles. The van der Waals surface area contributed by atoms with Crippen LogP contribution in [0.4, 0.5) is 0 Å². The number of carbonyl (C=O) groups excluding carboxylic acids is 1. The van der Waals surface area contributed by atoms with Gasteiger partial charge in [-0.3, -0.25) is 4.79 Å². The second-order valence-corrected chi connectivity index (χ2v) is 8.63. The van der Waals surface area contributed by atoms with Gasteiger partial charge in [-0.15, -0.1) is 11.3 Å². The number of hydrogen-bond acceptors (Lipinski definition) is 3. The second-order valence-electron chi connectivity index (χ2n) is 6.67. The average Bonchev–Trinajstić information content (AvgIpc) is 3.24. The summed E-state index contributed by atoms with van der Waals surface area (Å²) in [6, 6.07) is 8.98. The molecule has 0 bridgehead atoms. The molecule has 0 saturated heterocycles. The van der Waals surface area contributed by atoms with Gasteiger partial charge >= 0.3 is 0 Å². The van der Waals surface area contributed by atoms with Crippen LogP contribution in [0.25, 0.3) is 0 Å². The molecule has 1 saturated carbocycles. The van der Waals surface area contributed by atoms with Crippen molar-refractivity contribution in [3.8, 4) is 0 Å². The fourth-order valence-corrected chi connectivity index (χ4v) is 5.01. The number of halogens is 2.